The number of aldehydes is 1. The number of hydrogen-bond donors (Lipinski definition) is 1. The van der Waals surface area contributed by atoms with Crippen molar-refractivity contribution in [2.45, 2.75) is 19.8 Å². The molecule has 0 radical (unpaired) electrons. The first-order valence-corrected chi connectivity index (χ1v) is 5.94. The number of benzene rings is 1. The lowest BCUT2D eigenvalue weighted by atomic mass is 10.2. The summed E-state index contributed by atoms with van der Waals surface area (Å²) in [5, 5.41) is 0. The van der Waals surface area contributed by atoms with Gasteiger partial charge in [-0.2, -0.15) is 0 Å². The van der Waals surface area contributed by atoms with E-state index in [9.17, 15) is 4.79 Å². The molecule has 1 aromatic heterocycles. The van der Waals surface area contributed by atoms with E-state index in [0.29, 0.717) is 11.4 Å². The van der Waals surface area contributed by atoms with Crippen molar-refractivity contribution in [1.82, 2.24) is 9.97 Å². The average molecular weight is 238 g/mol. The molecule has 1 aromatic carbocycles. The van der Waals surface area contributed by atoms with Crippen LogP contribution in [-0.2, 0) is 6.42 Å². The molecular weight excluding hydrogens is 224 g/mol. The molecule has 0 atom stereocenters. The lowest BCUT2D eigenvalue weighted by Crippen LogP contribution is -1.85. The minimum absolute atomic E-state index is 0.391. The Morgan fingerprint density at radius 1 is 1.28 bits per heavy atom. The Morgan fingerprint density at radius 3 is 2.72 bits per heavy atom. The molecule has 1 heterocycles. The maximum Gasteiger partial charge on any atom is 0.171 e. The monoisotopic (exact) mass is 238 g/mol. The maximum absolute atomic E-state index is 10.9. The van der Waals surface area contributed by atoms with Crippen LogP contribution in [0.3, 0.4) is 0 Å². The van der Waals surface area contributed by atoms with Crippen LogP contribution in [0.1, 0.15) is 40.9 Å². The number of aromatic amines is 1. The van der Waals surface area contributed by atoms with E-state index in [4.69, 9.17) is 0 Å². The van der Waals surface area contributed by atoms with Crippen molar-refractivity contribution in [2.75, 3.05) is 0 Å². The molecule has 3 nitrogen and oxygen atoms in total. The van der Waals surface area contributed by atoms with E-state index in [0.717, 1.165) is 30.5 Å². The number of nitrogens with zero attached hydrogens (tertiary/aromatic N) is 1. The van der Waals surface area contributed by atoms with Gasteiger partial charge in [-0.05, 0) is 24.5 Å². The highest BCUT2D eigenvalue weighted by Crippen LogP contribution is 2.05. The normalized spacial score (nSPS) is 9.61. The predicted octanol–water partition coefficient (Wildman–Crippen LogP) is 2.57. The standard InChI is InChI=1S/C15H14N2O/c1-2-6-15-16-13(14(11-18)17-15)10-9-12-7-4-3-5-8-12/h3-5,7-8,11H,2,6H2,1H3,(H,16,17). The first-order chi connectivity index (χ1) is 8.83. The molecule has 0 saturated carbocycles. The number of aromatic nitrogens is 2. The van der Waals surface area contributed by atoms with E-state index in [-0.39, 0.29) is 0 Å². The minimum Gasteiger partial charge on any atom is -0.335 e. The number of carbonyl (C=O) groups excluding carboxylic acids is 1. The van der Waals surface area contributed by atoms with Gasteiger partial charge in [0.25, 0.3) is 0 Å². The SMILES string of the molecule is CCCc1nc(C=O)c(C#Cc2ccccc2)[nH]1. The van der Waals surface area contributed by atoms with Gasteiger partial charge in [-0.25, -0.2) is 4.98 Å². The van der Waals surface area contributed by atoms with Crippen LogP contribution >= 0.6 is 0 Å². The summed E-state index contributed by atoms with van der Waals surface area (Å²) in [6.07, 6.45) is 2.55. The van der Waals surface area contributed by atoms with Crippen LogP contribution in [0.15, 0.2) is 30.3 Å². The minimum atomic E-state index is 0.391. The van der Waals surface area contributed by atoms with Gasteiger partial charge in [0, 0.05) is 12.0 Å². The van der Waals surface area contributed by atoms with Crippen LogP contribution < -0.4 is 0 Å². The Labute approximate surface area is 106 Å². The molecule has 0 saturated heterocycles. The van der Waals surface area contributed by atoms with Gasteiger partial charge in [0.15, 0.2) is 6.29 Å². The van der Waals surface area contributed by atoms with Crippen LogP contribution in [0, 0.1) is 11.8 Å². The summed E-state index contributed by atoms with van der Waals surface area (Å²) in [6.45, 7) is 2.07. The highest BCUT2D eigenvalue weighted by Gasteiger charge is 2.06. The fraction of sp³-hybridized carbons (Fsp3) is 0.200. The molecular formula is C15H14N2O. The molecule has 1 N–H and O–H groups in total. The van der Waals surface area contributed by atoms with Crippen molar-refractivity contribution in [3.8, 4) is 11.8 Å². The van der Waals surface area contributed by atoms with Crippen LogP contribution in [0.25, 0.3) is 0 Å². The van der Waals surface area contributed by atoms with Crippen LogP contribution in [-0.4, -0.2) is 16.3 Å². The molecule has 18 heavy (non-hydrogen) atoms. The molecule has 0 bridgehead atoms. The second-order valence-corrected chi connectivity index (χ2v) is 3.93. The van der Waals surface area contributed by atoms with Gasteiger partial charge >= 0.3 is 0 Å². The summed E-state index contributed by atoms with van der Waals surface area (Å²) in [5.41, 5.74) is 1.90. The summed E-state index contributed by atoms with van der Waals surface area (Å²) in [6, 6.07) is 9.66. The van der Waals surface area contributed by atoms with Crippen molar-refractivity contribution in [3.63, 3.8) is 0 Å². The van der Waals surface area contributed by atoms with Crippen LogP contribution in [0.4, 0.5) is 0 Å². The molecule has 90 valence electrons. The zero-order valence-corrected chi connectivity index (χ0v) is 10.2. The van der Waals surface area contributed by atoms with Gasteiger partial charge in [0.2, 0.25) is 0 Å². The van der Waals surface area contributed by atoms with Gasteiger partial charge < -0.3 is 4.98 Å². The molecule has 0 unspecified atom stereocenters. The topological polar surface area (TPSA) is 45.8 Å². The Hall–Kier alpha value is -2.34. The van der Waals surface area contributed by atoms with Crippen molar-refractivity contribution < 1.29 is 4.79 Å². The van der Waals surface area contributed by atoms with Crippen molar-refractivity contribution in [3.05, 3.63) is 53.1 Å². The summed E-state index contributed by atoms with van der Waals surface area (Å²) < 4.78 is 0. The third-order valence-electron chi connectivity index (χ3n) is 2.48. The Balaban J connectivity index is 2.28. The smallest absolute Gasteiger partial charge is 0.171 e. The number of rotatable bonds is 3. The molecule has 0 aliphatic rings. The summed E-state index contributed by atoms with van der Waals surface area (Å²) in [7, 11) is 0. The molecule has 0 spiro atoms. The van der Waals surface area contributed by atoms with Gasteiger partial charge in [0.1, 0.15) is 17.2 Å². The number of hydrogen-bond acceptors (Lipinski definition) is 2. The molecule has 0 aliphatic carbocycles. The first kappa shape index (κ1) is 12.1. The van der Waals surface area contributed by atoms with Gasteiger partial charge in [-0.1, -0.05) is 31.0 Å². The third-order valence-corrected chi connectivity index (χ3v) is 2.48. The van der Waals surface area contributed by atoms with E-state index in [1.807, 2.05) is 30.3 Å². The van der Waals surface area contributed by atoms with Gasteiger partial charge in [0.05, 0.1) is 0 Å². The number of nitrogens with one attached hydrogen (secondary N) is 1. The van der Waals surface area contributed by atoms with Gasteiger partial charge in [-0.15, -0.1) is 0 Å². The Bertz CT molecular complexity index is 588. The maximum atomic E-state index is 10.9. The van der Waals surface area contributed by atoms with Crippen LogP contribution in [0.5, 0.6) is 0 Å². The van der Waals surface area contributed by atoms with Crippen molar-refractivity contribution in [1.29, 1.82) is 0 Å². The average Bonchev–Trinajstić information content (AvgIpc) is 2.80. The largest absolute Gasteiger partial charge is 0.335 e. The Kier molecular flexibility index (Phi) is 3.93. The van der Waals surface area contributed by atoms with E-state index in [1.165, 1.54) is 0 Å². The first-order valence-electron chi connectivity index (χ1n) is 5.94. The fourth-order valence-corrected chi connectivity index (χ4v) is 1.63. The van der Waals surface area contributed by atoms with Crippen molar-refractivity contribution in [2.24, 2.45) is 0 Å². The molecule has 0 fully saturated rings. The van der Waals surface area contributed by atoms with Crippen LogP contribution in [0.2, 0.25) is 0 Å². The zero-order valence-electron chi connectivity index (χ0n) is 10.2. The van der Waals surface area contributed by atoms with E-state index in [2.05, 4.69) is 28.7 Å². The lowest BCUT2D eigenvalue weighted by Gasteiger charge is -1.88. The summed E-state index contributed by atoms with van der Waals surface area (Å²) in [5.74, 6) is 6.79. The molecule has 3 heteroatoms. The second-order valence-electron chi connectivity index (χ2n) is 3.93. The lowest BCUT2D eigenvalue weighted by molar-refractivity contribution is 0.111. The molecule has 0 amide bonds. The fourth-order valence-electron chi connectivity index (χ4n) is 1.63. The Morgan fingerprint density at radius 2 is 2.06 bits per heavy atom. The number of aryl methyl sites for hydroxylation is 1. The van der Waals surface area contributed by atoms with E-state index in [1.54, 1.807) is 0 Å². The molecule has 2 rings (SSSR count). The van der Waals surface area contributed by atoms with Crippen molar-refractivity contribution >= 4 is 6.29 Å². The highest BCUT2D eigenvalue weighted by atomic mass is 16.1. The summed E-state index contributed by atoms with van der Waals surface area (Å²) >= 11 is 0. The zero-order chi connectivity index (χ0) is 12.8. The number of H-pyrrole nitrogens is 1. The van der Waals surface area contributed by atoms with E-state index >= 15 is 0 Å². The number of carbonyl (C=O) groups is 1. The molecule has 2 aromatic rings. The van der Waals surface area contributed by atoms with Gasteiger partial charge in [-0.3, -0.25) is 4.79 Å². The highest BCUT2D eigenvalue weighted by molar-refractivity contribution is 5.75. The predicted molar refractivity (Wildman–Crippen MR) is 70.4 cm³/mol. The van der Waals surface area contributed by atoms with E-state index < -0.39 is 0 Å². The third kappa shape index (κ3) is 2.86. The quantitative estimate of drug-likeness (QED) is 0.660. The molecule has 0 aliphatic heterocycles. The summed E-state index contributed by atoms with van der Waals surface area (Å²) in [4.78, 5) is 18.2. The second kappa shape index (κ2) is 5.83. The number of imidazole rings is 1.